The first-order valence-electron chi connectivity index (χ1n) is 7.95. The van der Waals surface area contributed by atoms with Crippen LogP contribution in [0.5, 0.6) is 5.75 Å². The zero-order valence-electron chi connectivity index (χ0n) is 13.0. The molecular formula is C21H16ClNO. The SMILES string of the molecule is Oc1cccc(/C=C2/c3cccnc3CCc3c(Cl)cccc32)c1. The number of aromatic hydroxyl groups is 1. The van der Waals surface area contributed by atoms with Crippen molar-refractivity contribution in [1.82, 2.24) is 4.98 Å². The van der Waals surface area contributed by atoms with Crippen molar-refractivity contribution in [3.8, 4) is 5.75 Å². The smallest absolute Gasteiger partial charge is 0.116 e. The van der Waals surface area contributed by atoms with Crippen molar-refractivity contribution in [3.05, 3.63) is 93.8 Å². The van der Waals surface area contributed by atoms with Crippen molar-refractivity contribution in [1.29, 1.82) is 0 Å². The maximum Gasteiger partial charge on any atom is 0.116 e. The molecule has 118 valence electrons. The van der Waals surface area contributed by atoms with Crippen LogP contribution in [0.4, 0.5) is 0 Å². The summed E-state index contributed by atoms with van der Waals surface area (Å²) < 4.78 is 0. The lowest BCUT2D eigenvalue weighted by Crippen LogP contribution is -1.95. The van der Waals surface area contributed by atoms with Gasteiger partial charge in [-0.15, -0.1) is 0 Å². The summed E-state index contributed by atoms with van der Waals surface area (Å²) in [6.45, 7) is 0. The van der Waals surface area contributed by atoms with Crippen LogP contribution >= 0.6 is 11.6 Å². The van der Waals surface area contributed by atoms with Gasteiger partial charge in [-0.1, -0.05) is 41.9 Å². The average Bonchev–Trinajstić information content (AvgIpc) is 2.74. The lowest BCUT2D eigenvalue weighted by Gasteiger charge is -2.12. The zero-order valence-corrected chi connectivity index (χ0v) is 13.8. The molecule has 0 saturated heterocycles. The molecule has 0 radical (unpaired) electrons. The first-order valence-corrected chi connectivity index (χ1v) is 8.33. The molecule has 1 aliphatic rings. The van der Waals surface area contributed by atoms with Gasteiger partial charge >= 0.3 is 0 Å². The minimum Gasteiger partial charge on any atom is -0.508 e. The molecule has 1 aliphatic carbocycles. The quantitative estimate of drug-likeness (QED) is 0.669. The molecular weight excluding hydrogens is 318 g/mol. The number of aryl methyl sites for hydroxylation is 1. The second-order valence-corrected chi connectivity index (χ2v) is 6.32. The Morgan fingerprint density at radius 3 is 2.67 bits per heavy atom. The minimum absolute atomic E-state index is 0.260. The number of phenolic OH excluding ortho intramolecular Hbond substituents is 1. The van der Waals surface area contributed by atoms with Gasteiger partial charge in [-0.05, 0) is 65.4 Å². The summed E-state index contributed by atoms with van der Waals surface area (Å²) in [5, 5.41) is 10.6. The van der Waals surface area contributed by atoms with Crippen molar-refractivity contribution in [3.63, 3.8) is 0 Å². The second kappa shape index (κ2) is 6.14. The number of benzene rings is 2. The number of hydrogen-bond acceptors (Lipinski definition) is 2. The van der Waals surface area contributed by atoms with E-state index >= 15 is 0 Å². The highest BCUT2D eigenvalue weighted by molar-refractivity contribution is 6.31. The summed E-state index contributed by atoms with van der Waals surface area (Å²) in [6, 6.07) is 17.4. The van der Waals surface area contributed by atoms with Crippen molar-refractivity contribution >= 4 is 23.3 Å². The van der Waals surface area contributed by atoms with E-state index in [9.17, 15) is 5.11 Å². The molecule has 0 unspecified atom stereocenters. The lowest BCUT2D eigenvalue weighted by atomic mass is 9.93. The number of hydrogen-bond donors (Lipinski definition) is 1. The number of phenols is 1. The van der Waals surface area contributed by atoms with E-state index in [4.69, 9.17) is 11.6 Å². The molecule has 1 aromatic heterocycles. The number of fused-ring (bicyclic) bond motifs is 2. The van der Waals surface area contributed by atoms with Crippen molar-refractivity contribution in [2.75, 3.05) is 0 Å². The minimum atomic E-state index is 0.260. The van der Waals surface area contributed by atoms with E-state index in [-0.39, 0.29) is 5.75 Å². The van der Waals surface area contributed by atoms with Crippen LogP contribution in [0.3, 0.4) is 0 Å². The second-order valence-electron chi connectivity index (χ2n) is 5.92. The van der Waals surface area contributed by atoms with Crippen molar-refractivity contribution in [2.45, 2.75) is 12.8 Å². The molecule has 2 aromatic carbocycles. The van der Waals surface area contributed by atoms with E-state index in [1.165, 1.54) is 0 Å². The Morgan fingerprint density at radius 1 is 0.958 bits per heavy atom. The fraction of sp³-hybridized carbons (Fsp3) is 0.0952. The van der Waals surface area contributed by atoms with E-state index in [0.717, 1.165) is 51.4 Å². The number of aromatic nitrogens is 1. The van der Waals surface area contributed by atoms with Gasteiger partial charge in [0, 0.05) is 22.5 Å². The van der Waals surface area contributed by atoms with Gasteiger partial charge in [0.1, 0.15) is 5.75 Å². The lowest BCUT2D eigenvalue weighted by molar-refractivity contribution is 0.475. The Bertz CT molecular complexity index is 946. The molecule has 3 aromatic rings. The van der Waals surface area contributed by atoms with Crippen LogP contribution in [-0.2, 0) is 12.8 Å². The zero-order chi connectivity index (χ0) is 16.5. The number of nitrogens with zero attached hydrogens (tertiary/aromatic N) is 1. The Hall–Kier alpha value is -2.58. The molecule has 2 nitrogen and oxygen atoms in total. The van der Waals surface area contributed by atoms with Crippen LogP contribution in [-0.4, -0.2) is 10.1 Å². The van der Waals surface area contributed by atoms with Crippen LogP contribution in [0.2, 0.25) is 5.02 Å². The summed E-state index contributed by atoms with van der Waals surface area (Å²) in [7, 11) is 0. The highest BCUT2D eigenvalue weighted by Gasteiger charge is 2.20. The molecule has 0 saturated carbocycles. The van der Waals surface area contributed by atoms with Gasteiger partial charge in [0.2, 0.25) is 0 Å². The normalized spacial score (nSPS) is 14.8. The molecule has 1 heterocycles. The third-order valence-corrected chi connectivity index (χ3v) is 4.74. The largest absolute Gasteiger partial charge is 0.508 e. The Morgan fingerprint density at radius 2 is 1.79 bits per heavy atom. The topological polar surface area (TPSA) is 33.1 Å². The van der Waals surface area contributed by atoms with Gasteiger partial charge in [0.15, 0.2) is 0 Å². The summed E-state index contributed by atoms with van der Waals surface area (Å²) >= 11 is 6.46. The fourth-order valence-electron chi connectivity index (χ4n) is 3.27. The van der Waals surface area contributed by atoms with E-state index < -0.39 is 0 Å². The number of halogens is 1. The highest BCUT2D eigenvalue weighted by atomic mass is 35.5. The number of rotatable bonds is 1. The Labute approximate surface area is 146 Å². The maximum absolute atomic E-state index is 9.77. The molecule has 4 rings (SSSR count). The third-order valence-electron chi connectivity index (χ3n) is 4.38. The molecule has 24 heavy (non-hydrogen) atoms. The van der Waals surface area contributed by atoms with Crippen LogP contribution in [0.15, 0.2) is 60.8 Å². The summed E-state index contributed by atoms with van der Waals surface area (Å²) in [5.74, 6) is 0.260. The van der Waals surface area contributed by atoms with Gasteiger partial charge in [-0.3, -0.25) is 4.98 Å². The van der Waals surface area contributed by atoms with E-state index in [1.54, 1.807) is 12.1 Å². The van der Waals surface area contributed by atoms with Crippen LogP contribution in [0, 0.1) is 0 Å². The van der Waals surface area contributed by atoms with Gasteiger partial charge in [-0.25, -0.2) is 0 Å². The van der Waals surface area contributed by atoms with Gasteiger partial charge in [0.05, 0.1) is 0 Å². The summed E-state index contributed by atoms with van der Waals surface area (Å²) in [6.07, 6.45) is 5.67. The third kappa shape index (κ3) is 2.70. The van der Waals surface area contributed by atoms with Crippen LogP contribution in [0.1, 0.15) is 27.9 Å². The first-order chi connectivity index (χ1) is 11.7. The Kier molecular flexibility index (Phi) is 3.83. The first kappa shape index (κ1) is 15.0. The predicted octanol–water partition coefficient (Wildman–Crippen LogP) is 5.13. The van der Waals surface area contributed by atoms with Gasteiger partial charge in [0.25, 0.3) is 0 Å². The van der Waals surface area contributed by atoms with Crippen molar-refractivity contribution in [2.24, 2.45) is 0 Å². The van der Waals surface area contributed by atoms with E-state index in [0.29, 0.717) is 0 Å². The molecule has 0 spiro atoms. The number of pyridine rings is 1. The predicted molar refractivity (Wildman–Crippen MR) is 98.2 cm³/mol. The van der Waals surface area contributed by atoms with Gasteiger partial charge < -0.3 is 5.11 Å². The molecule has 0 atom stereocenters. The molecule has 3 heteroatoms. The summed E-state index contributed by atoms with van der Waals surface area (Å²) in [4.78, 5) is 4.57. The fourth-order valence-corrected chi connectivity index (χ4v) is 3.54. The highest BCUT2D eigenvalue weighted by Crippen LogP contribution is 2.37. The standard InChI is InChI=1S/C21H16ClNO/c22-20-8-2-6-16-17(20)9-10-21-18(7-3-11-23-21)19(16)13-14-4-1-5-15(24)12-14/h1-8,11-13,24H,9-10H2/b19-13+. The summed E-state index contributed by atoms with van der Waals surface area (Å²) in [5.41, 5.74) is 6.55. The van der Waals surface area contributed by atoms with Crippen LogP contribution < -0.4 is 0 Å². The molecule has 0 amide bonds. The maximum atomic E-state index is 9.77. The van der Waals surface area contributed by atoms with E-state index in [1.807, 2.05) is 36.5 Å². The van der Waals surface area contributed by atoms with Gasteiger partial charge in [-0.2, -0.15) is 0 Å². The average molecular weight is 334 g/mol. The van der Waals surface area contributed by atoms with E-state index in [2.05, 4.69) is 23.2 Å². The monoisotopic (exact) mass is 333 g/mol. The Balaban J connectivity index is 1.99. The van der Waals surface area contributed by atoms with Crippen LogP contribution in [0.25, 0.3) is 11.6 Å². The molecule has 0 aliphatic heterocycles. The molecule has 0 bridgehead atoms. The molecule has 1 N–H and O–H groups in total. The van der Waals surface area contributed by atoms with Crippen molar-refractivity contribution < 1.29 is 5.11 Å². The molecule has 0 fully saturated rings.